The Hall–Kier alpha value is -3.71. The van der Waals surface area contributed by atoms with Crippen molar-refractivity contribution in [2.45, 2.75) is 55.8 Å². The Balaban J connectivity index is 1.55. The number of hydrogen-bond donors (Lipinski definition) is 3. The van der Waals surface area contributed by atoms with Gasteiger partial charge >= 0.3 is 6.03 Å². The molecule has 1 aliphatic heterocycles. The van der Waals surface area contributed by atoms with Gasteiger partial charge in [-0.25, -0.2) is 9.78 Å². The molecule has 1 saturated carbocycles. The summed E-state index contributed by atoms with van der Waals surface area (Å²) < 4.78 is 10.9. The van der Waals surface area contributed by atoms with Gasteiger partial charge in [-0.2, -0.15) is 4.98 Å². The van der Waals surface area contributed by atoms with Crippen LogP contribution in [-0.2, 0) is 17.9 Å². The van der Waals surface area contributed by atoms with Crippen molar-refractivity contribution < 1.29 is 19.1 Å². The first kappa shape index (κ1) is 31.7. The van der Waals surface area contributed by atoms with Crippen molar-refractivity contribution >= 4 is 64.5 Å². The van der Waals surface area contributed by atoms with Crippen molar-refractivity contribution in [3.05, 3.63) is 70.4 Å². The Labute approximate surface area is 270 Å². The first-order valence-electron chi connectivity index (χ1n) is 14.0. The van der Waals surface area contributed by atoms with Gasteiger partial charge in [0.05, 0.1) is 33.0 Å². The number of carbonyl (C=O) groups excluding carboxylic acids is 2. The zero-order valence-corrected chi connectivity index (χ0v) is 26.6. The normalized spacial score (nSPS) is 18.0. The summed E-state index contributed by atoms with van der Waals surface area (Å²) in [5, 5.41) is 12.6. The van der Waals surface area contributed by atoms with Crippen molar-refractivity contribution in [1.29, 1.82) is 0 Å². The molecule has 2 aromatic carbocycles. The second-order valence-corrected chi connectivity index (χ2v) is 11.8. The van der Waals surface area contributed by atoms with E-state index in [-0.39, 0.29) is 46.8 Å². The summed E-state index contributed by atoms with van der Waals surface area (Å²) in [6.07, 6.45) is 6.61. The van der Waals surface area contributed by atoms with Gasteiger partial charge in [0.15, 0.2) is 0 Å². The molecule has 44 heavy (non-hydrogen) atoms. The summed E-state index contributed by atoms with van der Waals surface area (Å²) in [5.41, 5.74) is 1.77. The van der Waals surface area contributed by atoms with Gasteiger partial charge in [0, 0.05) is 34.8 Å². The molecule has 0 saturated heterocycles. The van der Waals surface area contributed by atoms with Gasteiger partial charge in [0.25, 0.3) is 0 Å². The van der Waals surface area contributed by atoms with E-state index < -0.39 is 6.03 Å². The quantitative estimate of drug-likeness (QED) is 0.179. The molecule has 2 unspecified atom stereocenters. The average Bonchev–Trinajstić information content (AvgIpc) is 3.04. The maximum absolute atomic E-state index is 14.3. The van der Waals surface area contributed by atoms with Gasteiger partial charge in [0.1, 0.15) is 27.4 Å². The molecular formula is C30H33Cl2N7O4S. The molecule has 14 heteroatoms. The molecule has 0 radical (unpaired) electrons. The third-order valence-corrected chi connectivity index (χ3v) is 8.93. The van der Waals surface area contributed by atoms with Crippen molar-refractivity contribution in [3.63, 3.8) is 0 Å². The maximum Gasteiger partial charge on any atom is 0.330 e. The molecule has 232 valence electrons. The molecule has 4 N–H and O–H groups in total. The molecular weight excluding hydrogens is 625 g/mol. The number of benzene rings is 2. The predicted octanol–water partition coefficient (Wildman–Crippen LogP) is 5.94. The third-order valence-electron chi connectivity index (χ3n) is 7.68. The number of hydrogen-bond acceptors (Lipinski definition) is 9. The monoisotopic (exact) mass is 657 g/mol. The Bertz CT molecular complexity index is 1550. The molecule has 1 aliphatic carbocycles. The number of urea groups is 1. The summed E-state index contributed by atoms with van der Waals surface area (Å²) in [6.45, 7) is 3.85. The molecule has 3 amide bonds. The van der Waals surface area contributed by atoms with E-state index in [9.17, 15) is 9.59 Å². The summed E-state index contributed by atoms with van der Waals surface area (Å²) in [4.78, 5) is 39.7. The second kappa shape index (κ2) is 13.9. The fourth-order valence-electron chi connectivity index (χ4n) is 5.50. The molecule has 11 nitrogen and oxygen atoms in total. The van der Waals surface area contributed by atoms with E-state index in [2.05, 4.69) is 22.2 Å². The number of nitrogens with one attached hydrogen (secondary N) is 2. The maximum atomic E-state index is 14.3. The van der Waals surface area contributed by atoms with Crippen molar-refractivity contribution in [1.82, 2.24) is 15.3 Å². The van der Waals surface area contributed by atoms with E-state index in [0.29, 0.717) is 28.8 Å². The highest BCUT2D eigenvalue weighted by atomic mass is 35.5. The molecule has 2 atom stereocenters. The Morgan fingerprint density at radius 1 is 1.16 bits per heavy atom. The molecule has 5 rings (SSSR count). The summed E-state index contributed by atoms with van der Waals surface area (Å²) in [5.74, 6) is 1.18. The fourth-order valence-corrected chi connectivity index (χ4v) is 6.58. The van der Waals surface area contributed by atoms with Crippen LogP contribution in [0.2, 0.25) is 10.0 Å². The topological polar surface area (TPSA) is 135 Å². The second-order valence-electron chi connectivity index (χ2n) is 10.4. The number of fused-ring (bicyclic) bond motifs is 1. The smallest absolute Gasteiger partial charge is 0.330 e. The van der Waals surface area contributed by atoms with Crippen LogP contribution in [0.15, 0.2) is 54.1 Å². The van der Waals surface area contributed by atoms with Gasteiger partial charge in [0.2, 0.25) is 11.9 Å². The molecule has 2 heterocycles. The van der Waals surface area contributed by atoms with Gasteiger partial charge in [-0.1, -0.05) is 54.8 Å². The lowest BCUT2D eigenvalue weighted by atomic mass is 9.90. The SMILES string of the molecule is C=CC(=O)NC1CCCCC1Nc1ncc2c(n1)N(Cc1cccc(SN)c1)C(=O)N(c1c(Cl)c(OC)cc(OC)c1Cl)C2. The number of anilines is 3. The van der Waals surface area contributed by atoms with E-state index in [1.165, 1.54) is 25.2 Å². The molecule has 3 aromatic rings. The number of rotatable bonds is 10. The van der Waals surface area contributed by atoms with Gasteiger partial charge < -0.3 is 20.1 Å². The summed E-state index contributed by atoms with van der Waals surface area (Å²) in [7, 11) is 2.95. The fraction of sp³-hybridized carbons (Fsp3) is 0.333. The first-order valence-corrected chi connectivity index (χ1v) is 15.6. The van der Waals surface area contributed by atoms with Crippen LogP contribution >= 0.6 is 35.1 Å². The lowest BCUT2D eigenvalue weighted by Crippen LogP contribution is -2.49. The van der Waals surface area contributed by atoms with Crippen LogP contribution in [0.1, 0.15) is 36.8 Å². The van der Waals surface area contributed by atoms with E-state index >= 15 is 0 Å². The van der Waals surface area contributed by atoms with Gasteiger partial charge in [-0.15, -0.1) is 0 Å². The van der Waals surface area contributed by atoms with Crippen molar-refractivity contribution in [2.24, 2.45) is 5.14 Å². The lowest BCUT2D eigenvalue weighted by molar-refractivity contribution is -0.117. The van der Waals surface area contributed by atoms with Crippen LogP contribution in [0.25, 0.3) is 0 Å². The summed E-state index contributed by atoms with van der Waals surface area (Å²) in [6, 6.07) is 8.58. The number of nitrogens with two attached hydrogens (primary N) is 1. The standard InChI is InChI=1S/C30H33Cl2N7O4S/c1-4-24(40)35-20-10-5-6-11-21(20)36-29-34-14-18-16-38(27-25(31)22(42-2)13-23(43-3)26(27)32)30(41)39(28(18)37-29)15-17-8-7-9-19(12-17)44-33/h4,7-9,12-14,20-21H,1,5-6,10-11,15-16,33H2,2-3H3,(H,35,40)(H,34,36,37). The summed E-state index contributed by atoms with van der Waals surface area (Å²) >= 11 is 14.6. The number of aromatic nitrogens is 2. The van der Waals surface area contributed by atoms with E-state index in [1.807, 2.05) is 24.3 Å². The molecule has 0 bridgehead atoms. The zero-order chi connectivity index (χ0) is 31.4. The largest absolute Gasteiger partial charge is 0.495 e. The minimum absolute atomic E-state index is 0.0879. The lowest BCUT2D eigenvalue weighted by Gasteiger charge is -2.37. The highest BCUT2D eigenvalue weighted by Gasteiger charge is 2.37. The highest BCUT2D eigenvalue weighted by Crippen LogP contribution is 2.48. The third kappa shape index (κ3) is 6.53. The highest BCUT2D eigenvalue weighted by molar-refractivity contribution is 7.97. The molecule has 2 aliphatic rings. The van der Waals surface area contributed by atoms with Crippen LogP contribution in [-0.4, -0.2) is 48.2 Å². The predicted molar refractivity (Wildman–Crippen MR) is 174 cm³/mol. The Morgan fingerprint density at radius 3 is 2.52 bits per heavy atom. The minimum atomic E-state index is -0.402. The number of ether oxygens (including phenoxy) is 2. The Morgan fingerprint density at radius 2 is 1.86 bits per heavy atom. The average molecular weight is 659 g/mol. The van der Waals surface area contributed by atoms with E-state index in [1.54, 1.807) is 17.2 Å². The molecule has 1 aromatic heterocycles. The van der Waals surface area contributed by atoms with Gasteiger partial charge in [-0.3, -0.25) is 19.7 Å². The van der Waals surface area contributed by atoms with Crippen molar-refractivity contribution in [2.75, 3.05) is 29.3 Å². The molecule has 0 spiro atoms. The van der Waals surface area contributed by atoms with E-state index in [4.69, 9.17) is 42.8 Å². The van der Waals surface area contributed by atoms with E-state index in [0.717, 1.165) is 48.1 Å². The zero-order valence-electron chi connectivity index (χ0n) is 24.3. The van der Waals surface area contributed by atoms with Crippen LogP contribution in [0.3, 0.4) is 0 Å². The minimum Gasteiger partial charge on any atom is -0.495 e. The van der Waals surface area contributed by atoms with Gasteiger partial charge in [-0.05, 0) is 48.6 Å². The van der Waals surface area contributed by atoms with Crippen molar-refractivity contribution in [3.8, 4) is 11.5 Å². The first-order chi connectivity index (χ1) is 21.3. The number of carbonyl (C=O) groups is 2. The number of nitrogens with zero attached hydrogens (tertiary/aromatic N) is 4. The van der Waals surface area contributed by atoms with Crippen LogP contribution in [0.4, 0.5) is 22.2 Å². The van der Waals surface area contributed by atoms with Crippen LogP contribution < -0.4 is 35.0 Å². The van der Waals surface area contributed by atoms with Crippen LogP contribution in [0, 0.1) is 0 Å². The number of halogens is 2. The number of methoxy groups -OCH3 is 2. The number of amides is 3. The molecule has 1 fully saturated rings. The Kier molecular flexibility index (Phi) is 10.0. The van der Waals surface area contributed by atoms with Crippen LogP contribution in [0.5, 0.6) is 11.5 Å².